The molecule has 0 saturated heterocycles. The first-order valence-electron chi connectivity index (χ1n) is 9.08. The van der Waals surface area contributed by atoms with Crippen molar-refractivity contribution in [2.45, 2.75) is 59.6 Å². The maximum Gasteiger partial charge on any atom is 0.261 e. The molecule has 0 aliphatic heterocycles. The van der Waals surface area contributed by atoms with Crippen molar-refractivity contribution in [2.24, 2.45) is 0 Å². The second-order valence-corrected chi connectivity index (χ2v) is 6.53. The predicted octanol–water partition coefficient (Wildman–Crippen LogP) is 4.90. The van der Waals surface area contributed by atoms with Crippen LogP contribution in [0.3, 0.4) is 0 Å². The molecule has 0 unspecified atom stereocenters. The van der Waals surface area contributed by atoms with Crippen LogP contribution < -0.4 is 10.1 Å². The first-order chi connectivity index (χ1) is 12.0. The van der Waals surface area contributed by atoms with Crippen LogP contribution in [0.2, 0.25) is 0 Å². The number of hydrogen-bond donors (Lipinski definition) is 1. The van der Waals surface area contributed by atoms with E-state index in [4.69, 9.17) is 4.74 Å². The van der Waals surface area contributed by atoms with Crippen molar-refractivity contribution in [3.8, 4) is 5.75 Å². The zero-order valence-corrected chi connectivity index (χ0v) is 15.9. The van der Waals surface area contributed by atoms with E-state index in [-0.39, 0.29) is 11.9 Å². The zero-order valence-electron chi connectivity index (χ0n) is 15.9. The maximum atomic E-state index is 12.6. The van der Waals surface area contributed by atoms with E-state index in [1.807, 2.05) is 24.3 Å². The minimum atomic E-state index is -0.534. The summed E-state index contributed by atoms with van der Waals surface area (Å²) in [7, 11) is 0. The fourth-order valence-electron chi connectivity index (χ4n) is 2.85. The van der Waals surface area contributed by atoms with Crippen LogP contribution in [0, 0.1) is 13.8 Å². The highest BCUT2D eigenvalue weighted by Gasteiger charge is 2.20. The summed E-state index contributed by atoms with van der Waals surface area (Å²) in [5.41, 5.74) is 4.76. The van der Waals surface area contributed by atoms with Gasteiger partial charge in [-0.15, -0.1) is 0 Å². The molecule has 0 fully saturated rings. The smallest absolute Gasteiger partial charge is 0.261 e. The monoisotopic (exact) mass is 339 g/mol. The Labute approximate surface area is 151 Å². The molecule has 1 amide bonds. The second kappa shape index (κ2) is 8.70. The molecule has 3 nitrogen and oxygen atoms in total. The van der Waals surface area contributed by atoms with E-state index in [0.717, 1.165) is 29.7 Å². The lowest BCUT2D eigenvalue weighted by Gasteiger charge is -2.22. The second-order valence-electron chi connectivity index (χ2n) is 6.53. The number of ether oxygens (including phenoxy) is 1. The molecule has 0 aliphatic rings. The largest absolute Gasteiger partial charge is 0.481 e. The molecule has 2 aromatic rings. The summed E-state index contributed by atoms with van der Waals surface area (Å²) in [6, 6.07) is 14.2. The van der Waals surface area contributed by atoms with Gasteiger partial charge in [-0.05, 0) is 61.9 Å². The molecule has 134 valence electrons. The zero-order chi connectivity index (χ0) is 18.4. The van der Waals surface area contributed by atoms with Crippen LogP contribution in [-0.4, -0.2) is 12.0 Å². The maximum absolute atomic E-state index is 12.6. The van der Waals surface area contributed by atoms with Gasteiger partial charge in [-0.2, -0.15) is 0 Å². The van der Waals surface area contributed by atoms with Crippen molar-refractivity contribution in [1.29, 1.82) is 0 Å². The quantitative estimate of drug-likeness (QED) is 0.779. The Bertz CT molecular complexity index is 724. The highest BCUT2D eigenvalue weighted by molar-refractivity contribution is 5.81. The Morgan fingerprint density at radius 2 is 1.80 bits per heavy atom. The highest BCUT2D eigenvalue weighted by Crippen LogP contribution is 2.22. The lowest BCUT2D eigenvalue weighted by molar-refractivity contribution is -0.128. The molecule has 0 heterocycles. The Morgan fingerprint density at radius 1 is 1.08 bits per heavy atom. The Hall–Kier alpha value is -2.29. The van der Waals surface area contributed by atoms with Crippen LogP contribution in [0.5, 0.6) is 5.75 Å². The Kier molecular flexibility index (Phi) is 6.63. The number of aryl methyl sites for hydroxylation is 3. The topological polar surface area (TPSA) is 38.3 Å². The van der Waals surface area contributed by atoms with Gasteiger partial charge in [0.25, 0.3) is 5.91 Å². The number of carbonyl (C=O) groups excluding carboxylic acids is 1. The number of carbonyl (C=O) groups is 1. The molecule has 0 spiro atoms. The summed E-state index contributed by atoms with van der Waals surface area (Å²) in [5.74, 6) is 0.697. The van der Waals surface area contributed by atoms with Crippen LogP contribution in [0.15, 0.2) is 42.5 Å². The Morgan fingerprint density at radius 3 is 2.44 bits per heavy atom. The van der Waals surface area contributed by atoms with Crippen molar-refractivity contribution in [1.82, 2.24) is 5.32 Å². The number of hydrogen-bond acceptors (Lipinski definition) is 2. The van der Waals surface area contributed by atoms with E-state index >= 15 is 0 Å². The van der Waals surface area contributed by atoms with Crippen LogP contribution in [-0.2, 0) is 11.2 Å². The molecule has 0 saturated carbocycles. The molecular weight excluding hydrogens is 310 g/mol. The molecule has 2 aromatic carbocycles. The first-order valence-corrected chi connectivity index (χ1v) is 9.08. The van der Waals surface area contributed by atoms with Gasteiger partial charge in [-0.25, -0.2) is 0 Å². The standard InChI is InChI=1S/C22H29NO2/c1-6-18-10-8-9-11-21(18)25-17(5)22(24)23-20(7-2)19-13-12-15(3)16(4)14-19/h8-14,17,20H,6-7H2,1-5H3,(H,23,24)/t17-,20+/m0/s1. The average molecular weight is 339 g/mol. The van der Waals surface area contributed by atoms with Crippen molar-refractivity contribution < 1.29 is 9.53 Å². The summed E-state index contributed by atoms with van der Waals surface area (Å²) in [4.78, 5) is 12.6. The van der Waals surface area contributed by atoms with Gasteiger partial charge in [0.1, 0.15) is 5.75 Å². The first kappa shape index (κ1) is 19.0. The fourth-order valence-corrected chi connectivity index (χ4v) is 2.85. The van der Waals surface area contributed by atoms with Crippen molar-refractivity contribution in [3.63, 3.8) is 0 Å². The Balaban J connectivity index is 2.06. The number of rotatable bonds is 7. The third kappa shape index (κ3) is 4.85. The predicted molar refractivity (Wildman–Crippen MR) is 103 cm³/mol. The number of benzene rings is 2. The summed E-state index contributed by atoms with van der Waals surface area (Å²) < 4.78 is 5.91. The molecule has 0 radical (unpaired) electrons. The molecule has 0 aliphatic carbocycles. The molecule has 3 heteroatoms. The van der Waals surface area contributed by atoms with Gasteiger partial charge in [0, 0.05) is 0 Å². The van der Waals surface area contributed by atoms with Crippen molar-refractivity contribution >= 4 is 5.91 Å². The van der Waals surface area contributed by atoms with E-state index in [0.29, 0.717) is 0 Å². The number of para-hydroxylation sites is 1. The van der Waals surface area contributed by atoms with Crippen molar-refractivity contribution in [3.05, 3.63) is 64.7 Å². The molecule has 2 rings (SSSR count). The normalized spacial score (nSPS) is 13.2. The average Bonchev–Trinajstić information content (AvgIpc) is 2.62. The summed E-state index contributed by atoms with van der Waals surface area (Å²) in [6.07, 6.45) is 1.19. The van der Waals surface area contributed by atoms with Gasteiger partial charge >= 0.3 is 0 Å². The van der Waals surface area contributed by atoms with Gasteiger partial charge < -0.3 is 10.1 Å². The van der Waals surface area contributed by atoms with E-state index in [2.05, 4.69) is 51.2 Å². The molecule has 0 aromatic heterocycles. The van der Waals surface area contributed by atoms with Gasteiger partial charge in [-0.1, -0.05) is 50.2 Å². The molecular formula is C22H29NO2. The fraction of sp³-hybridized carbons (Fsp3) is 0.409. The highest BCUT2D eigenvalue weighted by atomic mass is 16.5. The minimum Gasteiger partial charge on any atom is -0.481 e. The van der Waals surface area contributed by atoms with E-state index in [1.54, 1.807) is 6.92 Å². The number of nitrogens with one attached hydrogen (secondary N) is 1. The van der Waals surface area contributed by atoms with Crippen LogP contribution in [0.4, 0.5) is 0 Å². The van der Waals surface area contributed by atoms with E-state index in [1.165, 1.54) is 11.1 Å². The van der Waals surface area contributed by atoms with Gasteiger partial charge in [0.15, 0.2) is 6.10 Å². The molecule has 1 N–H and O–H groups in total. The summed E-state index contributed by atoms with van der Waals surface area (Å²) in [5, 5.41) is 3.12. The summed E-state index contributed by atoms with van der Waals surface area (Å²) in [6.45, 7) is 10.2. The lowest BCUT2D eigenvalue weighted by Crippen LogP contribution is -2.38. The van der Waals surface area contributed by atoms with Crippen LogP contribution in [0.25, 0.3) is 0 Å². The SMILES string of the molecule is CCc1ccccc1O[C@@H](C)C(=O)N[C@H](CC)c1ccc(C)c(C)c1. The summed E-state index contributed by atoms with van der Waals surface area (Å²) >= 11 is 0. The number of amides is 1. The third-order valence-electron chi connectivity index (χ3n) is 4.68. The van der Waals surface area contributed by atoms with Crippen LogP contribution in [0.1, 0.15) is 55.5 Å². The minimum absolute atomic E-state index is 0.000677. The van der Waals surface area contributed by atoms with Gasteiger partial charge in [0.2, 0.25) is 0 Å². The van der Waals surface area contributed by atoms with Gasteiger partial charge in [-0.3, -0.25) is 4.79 Å². The molecule has 25 heavy (non-hydrogen) atoms. The van der Waals surface area contributed by atoms with E-state index < -0.39 is 6.10 Å². The van der Waals surface area contributed by atoms with Crippen LogP contribution >= 0.6 is 0 Å². The third-order valence-corrected chi connectivity index (χ3v) is 4.68. The van der Waals surface area contributed by atoms with Crippen molar-refractivity contribution in [2.75, 3.05) is 0 Å². The van der Waals surface area contributed by atoms with E-state index in [9.17, 15) is 4.79 Å². The lowest BCUT2D eigenvalue weighted by atomic mass is 9.99. The molecule has 0 bridgehead atoms. The molecule has 2 atom stereocenters. The van der Waals surface area contributed by atoms with Gasteiger partial charge in [0.05, 0.1) is 6.04 Å².